The Bertz CT molecular complexity index is 394. The van der Waals surface area contributed by atoms with Crippen molar-refractivity contribution in [3.63, 3.8) is 0 Å². The van der Waals surface area contributed by atoms with Crippen molar-refractivity contribution in [2.24, 2.45) is 11.1 Å². The molecule has 0 bridgehead atoms. The fourth-order valence-corrected chi connectivity index (χ4v) is 3.15. The lowest BCUT2D eigenvalue weighted by Crippen LogP contribution is -2.35. The van der Waals surface area contributed by atoms with Crippen molar-refractivity contribution in [1.29, 1.82) is 0 Å². The molecule has 0 spiro atoms. The molecular formula is C17H28N2. The Morgan fingerprint density at radius 1 is 1.32 bits per heavy atom. The molecule has 2 rings (SSSR count). The summed E-state index contributed by atoms with van der Waals surface area (Å²) in [5, 5.41) is 3.75. The van der Waals surface area contributed by atoms with E-state index in [1.54, 1.807) is 0 Å². The molecule has 0 heterocycles. The summed E-state index contributed by atoms with van der Waals surface area (Å²) in [6.07, 6.45) is 4.95. The van der Waals surface area contributed by atoms with Gasteiger partial charge in [-0.1, -0.05) is 45.0 Å². The summed E-state index contributed by atoms with van der Waals surface area (Å²) in [6, 6.07) is 9.81. The van der Waals surface area contributed by atoms with Gasteiger partial charge >= 0.3 is 0 Å². The van der Waals surface area contributed by atoms with Crippen molar-refractivity contribution in [3.05, 3.63) is 35.4 Å². The van der Waals surface area contributed by atoms with Crippen LogP contribution in [0.3, 0.4) is 0 Å². The molecule has 1 aliphatic rings. The van der Waals surface area contributed by atoms with Gasteiger partial charge in [-0.05, 0) is 42.2 Å². The molecule has 2 atom stereocenters. The van der Waals surface area contributed by atoms with E-state index in [0.29, 0.717) is 24.0 Å². The zero-order valence-corrected chi connectivity index (χ0v) is 12.6. The van der Waals surface area contributed by atoms with Crippen LogP contribution >= 0.6 is 0 Å². The summed E-state index contributed by atoms with van der Waals surface area (Å²) >= 11 is 0. The summed E-state index contributed by atoms with van der Waals surface area (Å²) in [6.45, 7) is 7.58. The molecule has 1 fully saturated rings. The van der Waals surface area contributed by atoms with E-state index in [1.165, 1.54) is 30.4 Å². The van der Waals surface area contributed by atoms with E-state index >= 15 is 0 Å². The Kier molecular flexibility index (Phi) is 4.64. The Morgan fingerprint density at radius 2 is 2.00 bits per heavy atom. The second kappa shape index (κ2) is 6.06. The number of nitrogens with one attached hydrogen (secondary N) is 1. The predicted molar refractivity (Wildman–Crippen MR) is 82.2 cm³/mol. The maximum Gasteiger partial charge on any atom is 0.0446 e. The van der Waals surface area contributed by atoms with E-state index in [9.17, 15) is 0 Å². The average molecular weight is 260 g/mol. The van der Waals surface area contributed by atoms with Crippen LogP contribution in [0.15, 0.2) is 24.3 Å². The Hall–Kier alpha value is -0.860. The Labute approximate surface area is 117 Å². The number of hydrogen-bond donors (Lipinski definition) is 2. The molecule has 1 saturated carbocycles. The standard InChI is InChI=1S/C17H28N2/c1-4-13-5-7-14(8-6-13)16(12-18)19-15-9-10-17(2,3)11-15/h5-8,15-16,19H,4,9-12,18H2,1-3H3. The molecule has 19 heavy (non-hydrogen) atoms. The second-order valence-electron chi connectivity index (χ2n) is 6.65. The summed E-state index contributed by atoms with van der Waals surface area (Å²) in [5.41, 5.74) is 9.16. The van der Waals surface area contributed by atoms with Crippen molar-refractivity contribution in [3.8, 4) is 0 Å². The summed E-state index contributed by atoms with van der Waals surface area (Å²) < 4.78 is 0. The van der Waals surface area contributed by atoms with E-state index in [1.807, 2.05) is 0 Å². The van der Waals surface area contributed by atoms with Gasteiger partial charge in [-0.3, -0.25) is 0 Å². The van der Waals surface area contributed by atoms with Crippen LogP contribution in [0.4, 0.5) is 0 Å². The first-order chi connectivity index (χ1) is 9.04. The number of aryl methyl sites for hydroxylation is 1. The highest BCUT2D eigenvalue weighted by atomic mass is 15.0. The lowest BCUT2D eigenvalue weighted by Gasteiger charge is -2.24. The molecule has 3 N–H and O–H groups in total. The average Bonchev–Trinajstić information content (AvgIpc) is 2.75. The van der Waals surface area contributed by atoms with Gasteiger partial charge in [0.1, 0.15) is 0 Å². The van der Waals surface area contributed by atoms with Gasteiger partial charge in [0.25, 0.3) is 0 Å². The van der Waals surface area contributed by atoms with Crippen LogP contribution in [0, 0.1) is 5.41 Å². The van der Waals surface area contributed by atoms with Crippen LogP contribution in [-0.4, -0.2) is 12.6 Å². The van der Waals surface area contributed by atoms with Gasteiger partial charge < -0.3 is 11.1 Å². The fourth-order valence-electron chi connectivity index (χ4n) is 3.15. The lowest BCUT2D eigenvalue weighted by molar-refractivity contribution is 0.353. The van der Waals surface area contributed by atoms with Crippen molar-refractivity contribution in [2.75, 3.05) is 6.54 Å². The maximum atomic E-state index is 5.96. The molecule has 1 aromatic carbocycles. The van der Waals surface area contributed by atoms with Gasteiger partial charge in [0.2, 0.25) is 0 Å². The van der Waals surface area contributed by atoms with E-state index in [0.717, 1.165) is 6.42 Å². The maximum absolute atomic E-state index is 5.96. The normalized spacial score (nSPS) is 23.5. The molecule has 0 amide bonds. The number of hydrogen-bond acceptors (Lipinski definition) is 2. The van der Waals surface area contributed by atoms with Crippen molar-refractivity contribution >= 4 is 0 Å². The van der Waals surface area contributed by atoms with E-state index in [4.69, 9.17) is 5.73 Å². The first kappa shape index (κ1) is 14.5. The van der Waals surface area contributed by atoms with Crippen molar-refractivity contribution in [1.82, 2.24) is 5.32 Å². The molecule has 0 radical (unpaired) electrons. The van der Waals surface area contributed by atoms with Crippen LogP contribution in [0.1, 0.15) is 57.2 Å². The Morgan fingerprint density at radius 3 is 2.47 bits per heavy atom. The van der Waals surface area contributed by atoms with Crippen LogP contribution < -0.4 is 11.1 Å². The highest BCUT2D eigenvalue weighted by Gasteiger charge is 2.31. The zero-order valence-electron chi connectivity index (χ0n) is 12.6. The third-order valence-corrected chi connectivity index (χ3v) is 4.43. The minimum atomic E-state index is 0.296. The SMILES string of the molecule is CCc1ccc(C(CN)NC2CCC(C)(C)C2)cc1. The van der Waals surface area contributed by atoms with Gasteiger partial charge in [0.05, 0.1) is 0 Å². The largest absolute Gasteiger partial charge is 0.329 e. The molecule has 0 aromatic heterocycles. The first-order valence-electron chi connectivity index (χ1n) is 7.59. The molecule has 0 aliphatic heterocycles. The quantitative estimate of drug-likeness (QED) is 0.851. The highest BCUT2D eigenvalue weighted by molar-refractivity contribution is 5.25. The van der Waals surface area contributed by atoms with E-state index < -0.39 is 0 Å². The summed E-state index contributed by atoms with van der Waals surface area (Å²) in [7, 11) is 0. The molecule has 1 aromatic rings. The topological polar surface area (TPSA) is 38.0 Å². The number of benzene rings is 1. The predicted octanol–water partition coefficient (Wildman–Crippen LogP) is 3.42. The second-order valence-corrected chi connectivity index (χ2v) is 6.65. The number of nitrogens with two attached hydrogens (primary N) is 1. The van der Waals surface area contributed by atoms with E-state index in [-0.39, 0.29) is 0 Å². The van der Waals surface area contributed by atoms with Gasteiger partial charge in [-0.2, -0.15) is 0 Å². The molecule has 2 heteroatoms. The number of rotatable bonds is 5. The third-order valence-electron chi connectivity index (χ3n) is 4.43. The van der Waals surface area contributed by atoms with E-state index in [2.05, 4.69) is 50.4 Å². The van der Waals surface area contributed by atoms with Crippen LogP contribution in [0.25, 0.3) is 0 Å². The molecular weight excluding hydrogens is 232 g/mol. The minimum absolute atomic E-state index is 0.296. The van der Waals surface area contributed by atoms with Crippen molar-refractivity contribution in [2.45, 2.75) is 58.5 Å². The smallest absolute Gasteiger partial charge is 0.0446 e. The van der Waals surface area contributed by atoms with Gasteiger partial charge in [0, 0.05) is 18.6 Å². The highest BCUT2D eigenvalue weighted by Crippen LogP contribution is 2.37. The van der Waals surface area contributed by atoms with Crippen LogP contribution in [0.5, 0.6) is 0 Å². The molecule has 2 nitrogen and oxygen atoms in total. The van der Waals surface area contributed by atoms with Gasteiger partial charge in [-0.15, -0.1) is 0 Å². The monoisotopic (exact) mass is 260 g/mol. The lowest BCUT2D eigenvalue weighted by atomic mass is 9.91. The molecule has 106 valence electrons. The Balaban J connectivity index is 1.99. The molecule has 0 saturated heterocycles. The fraction of sp³-hybridized carbons (Fsp3) is 0.647. The minimum Gasteiger partial charge on any atom is -0.329 e. The van der Waals surface area contributed by atoms with Gasteiger partial charge in [-0.25, -0.2) is 0 Å². The third kappa shape index (κ3) is 3.80. The molecule has 2 unspecified atom stereocenters. The summed E-state index contributed by atoms with van der Waals surface area (Å²) in [5.74, 6) is 0. The molecule has 1 aliphatic carbocycles. The first-order valence-corrected chi connectivity index (χ1v) is 7.59. The zero-order chi connectivity index (χ0) is 13.9. The van der Waals surface area contributed by atoms with Crippen molar-refractivity contribution < 1.29 is 0 Å². The van der Waals surface area contributed by atoms with Crippen LogP contribution in [-0.2, 0) is 6.42 Å². The summed E-state index contributed by atoms with van der Waals surface area (Å²) in [4.78, 5) is 0. The van der Waals surface area contributed by atoms with Crippen LogP contribution in [0.2, 0.25) is 0 Å². The van der Waals surface area contributed by atoms with Gasteiger partial charge in [0.15, 0.2) is 0 Å².